The van der Waals surface area contributed by atoms with Crippen molar-refractivity contribution in [1.29, 1.82) is 0 Å². The second-order valence-corrected chi connectivity index (χ2v) is 10.1. The van der Waals surface area contributed by atoms with Crippen LogP contribution in [0.15, 0.2) is 127 Å². The molecule has 0 aliphatic carbocycles. The molecule has 0 spiro atoms. The van der Waals surface area contributed by atoms with Gasteiger partial charge in [-0.3, -0.25) is 0 Å². The Morgan fingerprint density at radius 2 is 0.923 bits per heavy atom. The molecule has 0 aromatic heterocycles. The summed E-state index contributed by atoms with van der Waals surface area (Å²) in [5.74, 6) is 1.81. The molecule has 0 aliphatic heterocycles. The first-order valence-corrected chi connectivity index (χ1v) is 13.4. The van der Waals surface area contributed by atoms with Crippen LogP contribution in [0.1, 0.15) is 16.7 Å². The van der Waals surface area contributed by atoms with E-state index in [2.05, 4.69) is 134 Å². The van der Waals surface area contributed by atoms with Gasteiger partial charge in [-0.15, -0.1) is 0 Å². The van der Waals surface area contributed by atoms with E-state index in [-0.39, 0.29) is 0 Å². The van der Waals surface area contributed by atoms with Gasteiger partial charge in [0.25, 0.3) is 0 Å². The molecule has 0 saturated heterocycles. The lowest BCUT2D eigenvalue weighted by molar-refractivity contribution is 0.308. The number of hydrogen-bond acceptors (Lipinski definition) is 2. The summed E-state index contributed by atoms with van der Waals surface area (Å²) in [4.78, 5) is 0. The van der Waals surface area contributed by atoms with Gasteiger partial charge in [0.1, 0.15) is 24.7 Å². The van der Waals surface area contributed by atoms with E-state index in [4.69, 9.17) is 9.47 Å². The summed E-state index contributed by atoms with van der Waals surface area (Å²) in [6, 6.07) is 44.7. The molecule has 0 heterocycles. The summed E-state index contributed by atoms with van der Waals surface area (Å²) >= 11 is 0. The Morgan fingerprint density at radius 3 is 1.54 bits per heavy atom. The third kappa shape index (κ3) is 4.34. The van der Waals surface area contributed by atoms with Crippen molar-refractivity contribution >= 4 is 43.1 Å². The highest BCUT2D eigenvalue weighted by Crippen LogP contribution is 2.44. The lowest BCUT2D eigenvalue weighted by atomic mass is 9.97. The normalized spacial score (nSPS) is 11.4. The molecular formula is C37H28O2. The summed E-state index contributed by atoms with van der Waals surface area (Å²) < 4.78 is 13.3. The summed E-state index contributed by atoms with van der Waals surface area (Å²) in [5.41, 5.74) is 3.47. The first-order valence-electron chi connectivity index (χ1n) is 13.4. The molecule has 39 heavy (non-hydrogen) atoms. The van der Waals surface area contributed by atoms with Crippen molar-refractivity contribution in [3.63, 3.8) is 0 Å². The Kier molecular flexibility index (Phi) is 5.86. The Balaban J connectivity index is 1.29. The van der Waals surface area contributed by atoms with E-state index >= 15 is 0 Å². The van der Waals surface area contributed by atoms with Gasteiger partial charge in [0.05, 0.1) is 0 Å². The molecule has 0 fully saturated rings. The fourth-order valence-electron chi connectivity index (χ4n) is 5.59. The molecule has 7 aromatic rings. The minimum absolute atomic E-state index is 0.495. The van der Waals surface area contributed by atoms with Crippen LogP contribution < -0.4 is 9.47 Å². The van der Waals surface area contributed by atoms with Crippen LogP contribution in [0.2, 0.25) is 0 Å². The molecular weight excluding hydrogens is 476 g/mol. The number of fused-ring (bicyclic) bond motifs is 4. The predicted octanol–water partition coefficient (Wildman–Crippen LogP) is 9.77. The molecule has 0 radical (unpaired) electrons. The summed E-state index contributed by atoms with van der Waals surface area (Å²) in [5, 5.41) is 9.22. The Bertz CT molecular complexity index is 1990. The first kappa shape index (κ1) is 23.3. The van der Waals surface area contributed by atoms with Crippen molar-refractivity contribution in [3.05, 3.63) is 144 Å². The maximum Gasteiger partial charge on any atom is 0.135 e. The van der Waals surface area contributed by atoms with Crippen LogP contribution in [0, 0.1) is 6.92 Å². The fraction of sp³-hybridized carbons (Fsp3) is 0.0811. The molecule has 7 aromatic carbocycles. The molecule has 0 atom stereocenters. The average Bonchev–Trinajstić information content (AvgIpc) is 2.99. The Morgan fingerprint density at radius 1 is 0.436 bits per heavy atom. The number of ether oxygens (including phenoxy) is 2. The number of aryl methyl sites for hydroxylation is 1. The quantitative estimate of drug-likeness (QED) is 0.210. The topological polar surface area (TPSA) is 18.5 Å². The van der Waals surface area contributed by atoms with Crippen molar-refractivity contribution in [3.8, 4) is 11.5 Å². The van der Waals surface area contributed by atoms with Gasteiger partial charge in [-0.05, 0) is 57.3 Å². The molecule has 0 aliphatic rings. The summed E-state index contributed by atoms with van der Waals surface area (Å²) in [6.45, 7) is 3.14. The van der Waals surface area contributed by atoms with E-state index < -0.39 is 0 Å². The SMILES string of the molecule is Cc1cccc2c(OCc3ccc4ccccc4c3)c3ccccc3c(OCc3ccc4ccccc4c3)c12. The van der Waals surface area contributed by atoms with Gasteiger partial charge < -0.3 is 9.47 Å². The summed E-state index contributed by atoms with van der Waals surface area (Å²) in [7, 11) is 0. The van der Waals surface area contributed by atoms with Crippen LogP contribution in [-0.4, -0.2) is 0 Å². The zero-order valence-electron chi connectivity index (χ0n) is 21.9. The molecule has 0 amide bonds. The highest BCUT2D eigenvalue weighted by Gasteiger charge is 2.18. The van der Waals surface area contributed by atoms with Crippen LogP contribution >= 0.6 is 0 Å². The highest BCUT2D eigenvalue weighted by molar-refractivity contribution is 6.12. The molecule has 0 unspecified atom stereocenters. The summed E-state index contributed by atoms with van der Waals surface area (Å²) in [6.07, 6.45) is 0. The lowest BCUT2D eigenvalue weighted by Gasteiger charge is -2.19. The third-order valence-electron chi connectivity index (χ3n) is 7.55. The van der Waals surface area contributed by atoms with E-state index in [1.54, 1.807) is 0 Å². The lowest BCUT2D eigenvalue weighted by Crippen LogP contribution is -2.01. The highest BCUT2D eigenvalue weighted by atomic mass is 16.5. The van der Waals surface area contributed by atoms with Crippen molar-refractivity contribution in [2.45, 2.75) is 20.1 Å². The van der Waals surface area contributed by atoms with E-state index in [0.717, 1.165) is 44.2 Å². The fourth-order valence-corrected chi connectivity index (χ4v) is 5.59. The van der Waals surface area contributed by atoms with Crippen LogP contribution in [0.25, 0.3) is 43.1 Å². The van der Waals surface area contributed by atoms with Gasteiger partial charge in [0.15, 0.2) is 0 Å². The average molecular weight is 505 g/mol. The van der Waals surface area contributed by atoms with Crippen LogP contribution in [0.3, 0.4) is 0 Å². The predicted molar refractivity (Wildman–Crippen MR) is 163 cm³/mol. The largest absolute Gasteiger partial charge is 0.488 e. The smallest absolute Gasteiger partial charge is 0.135 e. The Hall–Kier alpha value is -4.82. The molecule has 2 nitrogen and oxygen atoms in total. The number of rotatable bonds is 6. The second-order valence-electron chi connectivity index (χ2n) is 10.1. The minimum atomic E-state index is 0.495. The van der Waals surface area contributed by atoms with Gasteiger partial charge >= 0.3 is 0 Å². The maximum atomic E-state index is 6.66. The molecule has 7 rings (SSSR count). The van der Waals surface area contributed by atoms with Crippen LogP contribution in [0.4, 0.5) is 0 Å². The first-order chi connectivity index (χ1) is 19.2. The van der Waals surface area contributed by atoms with Gasteiger partial charge in [-0.2, -0.15) is 0 Å². The van der Waals surface area contributed by atoms with Gasteiger partial charge in [0.2, 0.25) is 0 Å². The van der Waals surface area contributed by atoms with Crippen molar-refractivity contribution in [1.82, 2.24) is 0 Å². The maximum absolute atomic E-state index is 6.66. The van der Waals surface area contributed by atoms with Crippen LogP contribution in [-0.2, 0) is 13.2 Å². The van der Waals surface area contributed by atoms with Gasteiger partial charge in [0, 0.05) is 21.5 Å². The molecule has 2 heteroatoms. The van der Waals surface area contributed by atoms with Crippen molar-refractivity contribution in [2.75, 3.05) is 0 Å². The van der Waals surface area contributed by atoms with Crippen LogP contribution in [0.5, 0.6) is 11.5 Å². The zero-order valence-corrected chi connectivity index (χ0v) is 21.9. The van der Waals surface area contributed by atoms with Crippen molar-refractivity contribution < 1.29 is 9.47 Å². The minimum Gasteiger partial charge on any atom is -0.488 e. The molecule has 0 saturated carbocycles. The number of hydrogen-bond donors (Lipinski definition) is 0. The molecule has 188 valence electrons. The Labute approximate surface area is 228 Å². The van der Waals surface area contributed by atoms with Gasteiger partial charge in [-0.25, -0.2) is 0 Å². The zero-order chi connectivity index (χ0) is 26.2. The molecule has 0 bridgehead atoms. The van der Waals surface area contributed by atoms with Gasteiger partial charge in [-0.1, -0.05) is 115 Å². The van der Waals surface area contributed by atoms with E-state index in [0.29, 0.717) is 13.2 Å². The van der Waals surface area contributed by atoms with E-state index in [1.807, 2.05) is 0 Å². The van der Waals surface area contributed by atoms with Crippen molar-refractivity contribution in [2.24, 2.45) is 0 Å². The second kappa shape index (κ2) is 9.81. The molecule has 0 N–H and O–H groups in total. The monoisotopic (exact) mass is 504 g/mol. The van der Waals surface area contributed by atoms with E-state index in [1.165, 1.54) is 27.1 Å². The number of benzene rings is 7. The van der Waals surface area contributed by atoms with E-state index in [9.17, 15) is 0 Å². The third-order valence-corrected chi connectivity index (χ3v) is 7.55. The standard InChI is InChI=1S/C37H28O2/c1-25-9-8-16-34-35(25)37(39-24-27-18-20-29-11-3-5-13-31(29)22-27)33-15-7-6-14-32(33)36(34)38-23-26-17-19-28-10-2-4-12-30(28)21-26/h2-22H,23-24H2,1H3.